The topological polar surface area (TPSA) is 85.8 Å². The van der Waals surface area contributed by atoms with Crippen LogP contribution in [0.25, 0.3) is 6.08 Å². The highest BCUT2D eigenvalue weighted by Gasteiger charge is 2.32. The molecule has 1 aliphatic rings. The zero-order valence-corrected chi connectivity index (χ0v) is 24.9. The second-order valence-electron chi connectivity index (χ2n) is 9.39. The molecule has 0 bridgehead atoms. The SMILES string of the molecule is COc1cccc([C@H]2C(C(=O)Nc3ccccc3)=C(C)N=c3s/c(=C/c4ccc(Sc5ccc(Cl)cc5)o4)c(=O)n32)c1. The number of carbonyl (C=O) groups is 1. The third kappa shape index (κ3) is 5.72. The summed E-state index contributed by atoms with van der Waals surface area (Å²) >= 11 is 8.71. The van der Waals surface area contributed by atoms with E-state index in [1.807, 2.05) is 91.0 Å². The molecule has 1 amide bonds. The number of benzene rings is 3. The number of amides is 1. The minimum absolute atomic E-state index is 0.271. The van der Waals surface area contributed by atoms with E-state index < -0.39 is 6.04 Å². The van der Waals surface area contributed by atoms with Gasteiger partial charge in [0, 0.05) is 21.7 Å². The van der Waals surface area contributed by atoms with E-state index in [1.165, 1.54) is 23.1 Å². The molecule has 0 saturated heterocycles. The van der Waals surface area contributed by atoms with Crippen molar-refractivity contribution in [2.24, 2.45) is 4.99 Å². The van der Waals surface area contributed by atoms with E-state index >= 15 is 0 Å². The predicted molar refractivity (Wildman–Crippen MR) is 166 cm³/mol. The van der Waals surface area contributed by atoms with Crippen LogP contribution in [0.2, 0.25) is 5.02 Å². The Bertz CT molecular complexity index is 1990. The maximum atomic E-state index is 14.0. The van der Waals surface area contributed by atoms with Gasteiger partial charge >= 0.3 is 0 Å². The number of para-hydroxylation sites is 1. The van der Waals surface area contributed by atoms with Crippen LogP contribution in [0.4, 0.5) is 5.69 Å². The Hall–Kier alpha value is -4.31. The average Bonchev–Trinajstić information content (AvgIpc) is 3.56. The maximum absolute atomic E-state index is 14.0. The number of ether oxygens (including phenoxy) is 1. The Morgan fingerprint density at radius 1 is 1.07 bits per heavy atom. The summed E-state index contributed by atoms with van der Waals surface area (Å²) in [5.74, 6) is 0.820. The van der Waals surface area contributed by atoms with E-state index in [0.717, 1.165) is 10.5 Å². The number of anilines is 1. The number of thiazole rings is 1. The molecule has 1 N–H and O–H groups in total. The second kappa shape index (κ2) is 11.9. The van der Waals surface area contributed by atoms with E-state index in [4.69, 9.17) is 25.7 Å². The van der Waals surface area contributed by atoms with Crippen molar-refractivity contribution < 1.29 is 13.9 Å². The minimum Gasteiger partial charge on any atom is -0.497 e. The summed E-state index contributed by atoms with van der Waals surface area (Å²) < 4.78 is 13.5. The van der Waals surface area contributed by atoms with Gasteiger partial charge in [-0.3, -0.25) is 14.2 Å². The number of halogens is 1. The lowest BCUT2D eigenvalue weighted by Crippen LogP contribution is -2.40. The molecule has 6 rings (SSSR count). The van der Waals surface area contributed by atoms with Crippen molar-refractivity contribution >= 4 is 52.4 Å². The van der Waals surface area contributed by atoms with Crippen molar-refractivity contribution in [1.82, 2.24) is 4.57 Å². The third-order valence-electron chi connectivity index (χ3n) is 6.62. The number of methoxy groups -OCH3 is 1. The van der Waals surface area contributed by atoms with Gasteiger partial charge in [-0.05, 0) is 73.2 Å². The first-order valence-electron chi connectivity index (χ1n) is 13.0. The highest BCUT2D eigenvalue weighted by molar-refractivity contribution is 7.99. The molecule has 10 heteroatoms. The fourth-order valence-electron chi connectivity index (χ4n) is 4.67. The fourth-order valence-corrected chi connectivity index (χ4v) is 6.60. The van der Waals surface area contributed by atoms with E-state index in [-0.39, 0.29) is 11.5 Å². The predicted octanol–water partition coefficient (Wildman–Crippen LogP) is 6.28. The summed E-state index contributed by atoms with van der Waals surface area (Å²) in [6.07, 6.45) is 1.71. The van der Waals surface area contributed by atoms with Gasteiger partial charge in [0.05, 0.1) is 29.0 Å². The molecule has 1 atom stereocenters. The van der Waals surface area contributed by atoms with Gasteiger partial charge < -0.3 is 14.5 Å². The van der Waals surface area contributed by atoms with Crippen molar-refractivity contribution in [1.29, 1.82) is 0 Å². The number of allylic oxidation sites excluding steroid dienone is 1. The molecule has 0 unspecified atom stereocenters. The van der Waals surface area contributed by atoms with Gasteiger partial charge in [0.15, 0.2) is 9.89 Å². The Labute approximate surface area is 254 Å². The van der Waals surface area contributed by atoms with Gasteiger partial charge in [-0.1, -0.05) is 65.0 Å². The highest BCUT2D eigenvalue weighted by Crippen LogP contribution is 2.33. The van der Waals surface area contributed by atoms with E-state index in [0.29, 0.717) is 47.9 Å². The number of nitrogens with zero attached hydrogens (tertiary/aromatic N) is 2. The molecule has 7 nitrogen and oxygen atoms in total. The third-order valence-corrected chi connectivity index (χ3v) is 8.78. The number of rotatable bonds is 7. The molecule has 0 fully saturated rings. The molecule has 0 aliphatic carbocycles. The molecule has 2 aromatic heterocycles. The number of fused-ring (bicyclic) bond motifs is 1. The lowest BCUT2D eigenvalue weighted by molar-refractivity contribution is -0.113. The van der Waals surface area contributed by atoms with Crippen LogP contribution in [-0.2, 0) is 4.79 Å². The molecular weight excluding hydrogens is 590 g/mol. The number of hydrogen-bond donors (Lipinski definition) is 1. The van der Waals surface area contributed by atoms with Gasteiger partial charge in [-0.2, -0.15) is 0 Å². The number of aromatic nitrogens is 1. The summed E-state index contributed by atoms with van der Waals surface area (Å²) in [6.45, 7) is 1.79. The minimum atomic E-state index is -0.713. The van der Waals surface area contributed by atoms with Gasteiger partial charge in [0.25, 0.3) is 11.5 Å². The van der Waals surface area contributed by atoms with Crippen LogP contribution in [0.1, 0.15) is 24.3 Å². The molecule has 210 valence electrons. The van der Waals surface area contributed by atoms with Crippen molar-refractivity contribution in [3.05, 3.63) is 138 Å². The van der Waals surface area contributed by atoms with Gasteiger partial charge in [-0.25, -0.2) is 4.99 Å². The van der Waals surface area contributed by atoms with Crippen LogP contribution in [0.15, 0.2) is 126 Å². The molecule has 3 aromatic carbocycles. The quantitative estimate of drug-likeness (QED) is 0.234. The van der Waals surface area contributed by atoms with Crippen LogP contribution < -0.4 is 24.9 Å². The Morgan fingerprint density at radius 2 is 1.86 bits per heavy atom. The second-order valence-corrected chi connectivity index (χ2v) is 11.9. The van der Waals surface area contributed by atoms with Crippen LogP contribution in [0.5, 0.6) is 5.75 Å². The monoisotopic (exact) mass is 613 g/mol. The summed E-state index contributed by atoms with van der Waals surface area (Å²) in [6, 6.07) is 27.0. The molecule has 0 spiro atoms. The summed E-state index contributed by atoms with van der Waals surface area (Å²) in [4.78, 5) is 33.8. The van der Waals surface area contributed by atoms with Crippen LogP contribution in [-0.4, -0.2) is 17.6 Å². The molecule has 1 aliphatic heterocycles. The summed E-state index contributed by atoms with van der Waals surface area (Å²) in [5, 5.41) is 4.31. The number of carbonyl (C=O) groups excluding carboxylic acids is 1. The largest absolute Gasteiger partial charge is 0.497 e. The lowest BCUT2D eigenvalue weighted by atomic mass is 9.95. The average molecular weight is 614 g/mol. The number of hydrogen-bond acceptors (Lipinski definition) is 7. The summed E-state index contributed by atoms with van der Waals surface area (Å²) in [7, 11) is 1.58. The first-order valence-corrected chi connectivity index (χ1v) is 15.0. The van der Waals surface area contributed by atoms with E-state index in [1.54, 1.807) is 24.7 Å². The van der Waals surface area contributed by atoms with Crippen molar-refractivity contribution in [3.8, 4) is 5.75 Å². The van der Waals surface area contributed by atoms with Crippen molar-refractivity contribution in [3.63, 3.8) is 0 Å². The zero-order valence-electron chi connectivity index (χ0n) is 22.5. The van der Waals surface area contributed by atoms with Crippen molar-refractivity contribution in [2.45, 2.75) is 23.0 Å². The van der Waals surface area contributed by atoms with Crippen LogP contribution in [0.3, 0.4) is 0 Å². The number of furan rings is 1. The Balaban J connectivity index is 1.41. The van der Waals surface area contributed by atoms with Gasteiger partial charge in [-0.15, -0.1) is 0 Å². The molecule has 5 aromatic rings. The molecular formula is C32H24ClN3O4S2. The maximum Gasteiger partial charge on any atom is 0.271 e. The van der Waals surface area contributed by atoms with E-state index in [9.17, 15) is 9.59 Å². The Kier molecular flexibility index (Phi) is 7.88. The molecule has 3 heterocycles. The zero-order chi connectivity index (χ0) is 29.2. The van der Waals surface area contributed by atoms with Gasteiger partial charge in [0.2, 0.25) is 0 Å². The normalized spacial score (nSPS) is 14.8. The summed E-state index contributed by atoms with van der Waals surface area (Å²) in [5.41, 5.74) is 2.02. The first kappa shape index (κ1) is 27.8. The number of nitrogens with one attached hydrogen (secondary N) is 1. The molecule has 0 saturated carbocycles. The molecule has 42 heavy (non-hydrogen) atoms. The Morgan fingerprint density at radius 3 is 2.62 bits per heavy atom. The standard InChI is InChI=1S/C32H24ClN3O4S2/c1-19-28(30(37)35-22-8-4-3-5-9-22)29(20-7-6-10-23(17-20)39-2)36-31(38)26(42-32(36)34-19)18-24-13-16-27(40-24)41-25-14-11-21(33)12-15-25/h3-18,29H,1-2H3,(H,35,37)/b26-18+/t29-/m0/s1. The molecule has 0 radical (unpaired) electrons. The van der Waals surface area contributed by atoms with Crippen LogP contribution in [0, 0.1) is 0 Å². The first-order chi connectivity index (χ1) is 20.4. The smallest absolute Gasteiger partial charge is 0.271 e. The van der Waals surface area contributed by atoms with E-state index in [2.05, 4.69) is 5.32 Å². The van der Waals surface area contributed by atoms with Gasteiger partial charge in [0.1, 0.15) is 11.5 Å². The highest BCUT2D eigenvalue weighted by atomic mass is 35.5. The van der Waals surface area contributed by atoms with Crippen molar-refractivity contribution in [2.75, 3.05) is 12.4 Å². The van der Waals surface area contributed by atoms with Crippen LogP contribution >= 0.6 is 34.7 Å². The fraction of sp³-hybridized carbons (Fsp3) is 0.0938. The lowest BCUT2D eigenvalue weighted by Gasteiger charge is -2.25.